The van der Waals surface area contributed by atoms with E-state index >= 15 is 0 Å². The van der Waals surface area contributed by atoms with E-state index in [4.69, 9.17) is 11.6 Å². The van der Waals surface area contributed by atoms with E-state index in [0.29, 0.717) is 23.9 Å². The Balaban J connectivity index is 2.22. The second kappa shape index (κ2) is 6.15. The van der Waals surface area contributed by atoms with E-state index in [9.17, 15) is 0 Å². The van der Waals surface area contributed by atoms with Gasteiger partial charge < -0.3 is 10.2 Å². The lowest BCUT2D eigenvalue weighted by molar-refractivity contribution is 0.295. The molecule has 1 aromatic carbocycles. The van der Waals surface area contributed by atoms with Crippen LogP contribution in [-0.4, -0.2) is 25.2 Å². The van der Waals surface area contributed by atoms with Gasteiger partial charge in [0.25, 0.3) is 0 Å². The van der Waals surface area contributed by atoms with Gasteiger partial charge in [-0.3, -0.25) is 0 Å². The Hall–Kier alpha value is -0.730. The van der Waals surface area contributed by atoms with Crippen LogP contribution in [0.15, 0.2) is 24.3 Å². The van der Waals surface area contributed by atoms with Gasteiger partial charge in [0, 0.05) is 35.9 Å². The summed E-state index contributed by atoms with van der Waals surface area (Å²) >= 11 is 6.00. The van der Waals surface area contributed by atoms with E-state index in [1.54, 1.807) is 0 Å². The molecule has 3 heteroatoms. The summed E-state index contributed by atoms with van der Waals surface area (Å²) in [5, 5.41) is 4.50. The van der Waals surface area contributed by atoms with Crippen molar-refractivity contribution in [2.45, 2.75) is 39.8 Å². The molecule has 0 spiro atoms. The zero-order valence-corrected chi connectivity index (χ0v) is 13.1. The van der Waals surface area contributed by atoms with Crippen molar-refractivity contribution < 1.29 is 0 Å². The Morgan fingerprint density at radius 3 is 2.26 bits per heavy atom. The van der Waals surface area contributed by atoms with Crippen LogP contribution in [0.5, 0.6) is 0 Å². The molecule has 0 saturated carbocycles. The van der Waals surface area contributed by atoms with Gasteiger partial charge >= 0.3 is 0 Å². The zero-order valence-electron chi connectivity index (χ0n) is 12.4. The first-order valence-electron chi connectivity index (χ1n) is 7.24. The van der Waals surface area contributed by atoms with Gasteiger partial charge in [0.2, 0.25) is 0 Å². The van der Waals surface area contributed by atoms with Gasteiger partial charge in [-0.2, -0.15) is 0 Å². The van der Waals surface area contributed by atoms with Gasteiger partial charge in [-0.15, -0.1) is 0 Å². The quantitative estimate of drug-likeness (QED) is 0.906. The van der Waals surface area contributed by atoms with Crippen molar-refractivity contribution in [3.8, 4) is 0 Å². The fourth-order valence-electron chi connectivity index (χ4n) is 2.77. The van der Waals surface area contributed by atoms with Crippen LogP contribution < -0.4 is 10.2 Å². The third kappa shape index (κ3) is 3.43. The normalized spacial score (nSPS) is 24.3. The van der Waals surface area contributed by atoms with Crippen molar-refractivity contribution in [3.63, 3.8) is 0 Å². The highest BCUT2D eigenvalue weighted by Gasteiger charge is 2.31. The molecule has 1 fully saturated rings. The first-order chi connectivity index (χ1) is 8.99. The maximum absolute atomic E-state index is 6.00. The number of benzene rings is 1. The first-order valence-corrected chi connectivity index (χ1v) is 7.62. The number of anilines is 1. The Morgan fingerprint density at radius 1 is 1.11 bits per heavy atom. The summed E-state index contributed by atoms with van der Waals surface area (Å²) in [6.45, 7) is 11.3. The van der Waals surface area contributed by atoms with Crippen LogP contribution in [0.3, 0.4) is 0 Å². The summed E-state index contributed by atoms with van der Waals surface area (Å²) in [4.78, 5) is 2.54. The molecule has 1 aliphatic rings. The predicted molar refractivity (Wildman–Crippen MR) is 84.1 cm³/mol. The number of nitrogens with one attached hydrogen (secondary N) is 1. The van der Waals surface area contributed by atoms with Crippen LogP contribution >= 0.6 is 11.6 Å². The number of rotatable bonds is 3. The summed E-state index contributed by atoms with van der Waals surface area (Å²) in [5.41, 5.74) is 1.29. The molecule has 2 nitrogen and oxygen atoms in total. The molecule has 2 atom stereocenters. The smallest absolute Gasteiger partial charge is 0.0438 e. The molecule has 1 heterocycles. The van der Waals surface area contributed by atoms with Gasteiger partial charge in [0.15, 0.2) is 0 Å². The maximum atomic E-state index is 6.00. The number of halogens is 1. The Bertz CT molecular complexity index is 400. The molecule has 0 amide bonds. The number of hydrogen-bond donors (Lipinski definition) is 1. The molecule has 19 heavy (non-hydrogen) atoms. The molecule has 0 aromatic heterocycles. The van der Waals surface area contributed by atoms with Crippen LogP contribution in [0.25, 0.3) is 0 Å². The van der Waals surface area contributed by atoms with Gasteiger partial charge in [-0.25, -0.2) is 0 Å². The van der Waals surface area contributed by atoms with E-state index in [-0.39, 0.29) is 0 Å². The van der Waals surface area contributed by atoms with Crippen molar-refractivity contribution in [2.24, 2.45) is 11.8 Å². The third-order valence-corrected chi connectivity index (χ3v) is 4.37. The highest BCUT2D eigenvalue weighted by molar-refractivity contribution is 6.30. The molecule has 0 aliphatic carbocycles. The molecule has 0 radical (unpaired) electrons. The van der Waals surface area contributed by atoms with E-state index in [1.165, 1.54) is 5.69 Å². The van der Waals surface area contributed by atoms with Crippen LogP contribution in [0.4, 0.5) is 5.69 Å². The largest absolute Gasteiger partial charge is 0.365 e. The van der Waals surface area contributed by atoms with E-state index < -0.39 is 0 Å². The second-order valence-corrected chi connectivity index (χ2v) is 6.64. The Morgan fingerprint density at radius 2 is 1.74 bits per heavy atom. The van der Waals surface area contributed by atoms with Crippen LogP contribution in [-0.2, 0) is 0 Å². The lowest BCUT2D eigenvalue weighted by Crippen LogP contribution is -2.60. The SMILES string of the molecule is CC(C)C1CN(c2ccc(Cl)cc2)C(C(C)C)CN1. The fourth-order valence-corrected chi connectivity index (χ4v) is 2.89. The lowest BCUT2D eigenvalue weighted by atomic mass is 9.93. The average Bonchev–Trinajstić information content (AvgIpc) is 2.38. The summed E-state index contributed by atoms with van der Waals surface area (Å²) in [6.07, 6.45) is 0. The molecular formula is C16H25ClN2. The van der Waals surface area contributed by atoms with Crippen LogP contribution in [0.2, 0.25) is 5.02 Å². The molecule has 1 saturated heterocycles. The molecule has 0 bridgehead atoms. The Kier molecular flexibility index (Phi) is 4.75. The molecule has 2 rings (SSSR count). The molecule has 106 valence electrons. The van der Waals surface area contributed by atoms with E-state index in [2.05, 4.69) is 50.0 Å². The number of hydrogen-bond acceptors (Lipinski definition) is 2. The standard InChI is InChI=1S/C16H25ClN2/c1-11(2)15-10-19(16(9-18-15)12(3)4)14-7-5-13(17)6-8-14/h5-8,11-12,15-16,18H,9-10H2,1-4H3. The monoisotopic (exact) mass is 280 g/mol. The van der Waals surface area contributed by atoms with Crippen LogP contribution in [0.1, 0.15) is 27.7 Å². The molecule has 1 aromatic rings. The predicted octanol–water partition coefficient (Wildman–Crippen LogP) is 3.80. The van der Waals surface area contributed by atoms with E-state index in [1.807, 2.05) is 12.1 Å². The van der Waals surface area contributed by atoms with Gasteiger partial charge in [-0.05, 0) is 36.1 Å². The fraction of sp³-hybridized carbons (Fsp3) is 0.625. The highest BCUT2D eigenvalue weighted by Crippen LogP contribution is 2.26. The van der Waals surface area contributed by atoms with Crippen molar-refractivity contribution in [3.05, 3.63) is 29.3 Å². The summed E-state index contributed by atoms with van der Waals surface area (Å²) in [6, 6.07) is 9.37. The number of nitrogens with zero attached hydrogens (tertiary/aromatic N) is 1. The molecule has 2 unspecified atom stereocenters. The zero-order chi connectivity index (χ0) is 14.0. The van der Waals surface area contributed by atoms with Crippen molar-refractivity contribution in [1.29, 1.82) is 0 Å². The van der Waals surface area contributed by atoms with Gasteiger partial charge in [0.1, 0.15) is 0 Å². The van der Waals surface area contributed by atoms with Gasteiger partial charge in [0.05, 0.1) is 0 Å². The van der Waals surface area contributed by atoms with Gasteiger partial charge in [-0.1, -0.05) is 39.3 Å². The number of piperazine rings is 1. The highest BCUT2D eigenvalue weighted by atomic mass is 35.5. The van der Waals surface area contributed by atoms with Crippen molar-refractivity contribution in [2.75, 3.05) is 18.0 Å². The average molecular weight is 281 g/mol. The minimum absolute atomic E-state index is 0.552. The summed E-state index contributed by atoms with van der Waals surface area (Å²) in [5.74, 6) is 1.29. The third-order valence-electron chi connectivity index (χ3n) is 4.12. The van der Waals surface area contributed by atoms with Crippen LogP contribution in [0, 0.1) is 11.8 Å². The molecular weight excluding hydrogens is 256 g/mol. The van der Waals surface area contributed by atoms with Crippen molar-refractivity contribution in [1.82, 2.24) is 5.32 Å². The Labute approximate surface area is 122 Å². The van der Waals surface area contributed by atoms with Crippen molar-refractivity contribution >= 4 is 17.3 Å². The topological polar surface area (TPSA) is 15.3 Å². The second-order valence-electron chi connectivity index (χ2n) is 6.20. The maximum Gasteiger partial charge on any atom is 0.0438 e. The first kappa shape index (κ1) is 14.7. The summed E-state index contributed by atoms with van der Waals surface area (Å²) < 4.78 is 0. The lowest BCUT2D eigenvalue weighted by Gasteiger charge is -2.45. The minimum Gasteiger partial charge on any atom is -0.365 e. The summed E-state index contributed by atoms with van der Waals surface area (Å²) in [7, 11) is 0. The molecule has 1 aliphatic heterocycles. The molecule has 1 N–H and O–H groups in total. The minimum atomic E-state index is 0.552. The van der Waals surface area contributed by atoms with E-state index in [0.717, 1.165) is 18.1 Å².